The second kappa shape index (κ2) is 3.31. The van der Waals surface area contributed by atoms with Gasteiger partial charge < -0.3 is 5.73 Å². The summed E-state index contributed by atoms with van der Waals surface area (Å²) in [4.78, 5) is 0. The number of halogens is 2. The highest BCUT2D eigenvalue weighted by molar-refractivity contribution is 5.37. The largest absolute Gasteiger partial charge is 0.324 e. The molecule has 1 aliphatic rings. The summed E-state index contributed by atoms with van der Waals surface area (Å²) in [7, 11) is 0. The summed E-state index contributed by atoms with van der Waals surface area (Å²) in [6, 6.07) is 1.99. The number of benzene rings is 1. The molecule has 2 N–H and O–H groups in total. The summed E-state index contributed by atoms with van der Waals surface area (Å²) in [5, 5.41) is 0. The molecule has 0 spiro atoms. The molecule has 0 aromatic heterocycles. The zero-order valence-electron chi connectivity index (χ0n) is 8.06. The van der Waals surface area contributed by atoms with Crippen LogP contribution in [0, 0.1) is 11.6 Å². The summed E-state index contributed by atoms with van der Waals surface area (Å²) in [6.07, 6.45) is 1.56. The van der Waals surface area contributed by atoms with E-state index < -0.39 is 0 Å². The molecule has 0 radical (unpaired) electrons. The van der Waals surface area contributed by atoms with Crippen LogP contribution in [0.2, 0.25) is 0 Å². The molecule has 0 amide bonds. The topological polar surface area (TPSA) is 26.0 Å². The molecule has 2 unspecified atom stereocenters. The maximum atomic E-state index is 13.5. The van der Waals surface area contributed by atoms with Crippen LogP contribution in [0.4, 0.5) is 8.78 Å². The number of fused-ring (bicyclic) bond motifs is 1. The van der Waals surface area contributed by atoms with Gasteiger partial charge in [0.05, 0.1) is 0 Å². The van der Waals surface area contributed by atoms with Crippen molar-refractivity contribution < 1.29 is 8.78 Å². The Bertz CT molecular complexity index is 328. The van der Waals surface area contributed by atoms with E-state index in [1.165, 1.54) is 6.07 Å². The molecule has 1 aromatic rings. The molecule has 0 saturated carbocycles. The maximum absolute atomic E-state index is 13.5. The lowest BCUT2D eigenvalue weighted by atomic mass is 9.81. The highest BCUT2D eigenvalue weighted by Crippen LogP contribution is 2.38. The van der Waals surface area contributed by atoms with Crippen LogP contribution in [0.15, 0.2) is 12.1 Å². The molecule has 2 rings (SSSR count). The predicted octanol–water partition coefficient (Wildman–Crippen LogP) is 2.86. The Morgan fingerprint density at radius 3 is 2.29 bits per heavy atom. The fourth-order valence-corrected chi connectivity index (χ4v) is 2.18. The van der Waals surface area contributed by atoms with Crippen molar-refractivity contribution in [2.45, 2.75) is 31.7 Å². The lowest BCUT2D eigenvalue weighted by Crippen LogP contribution is -2.22. The fourth-order valence-electron chi connectivity index (χ4n) is 2.18. The SMILES string of the molecule is CC1CCC(N)c2c(F)ccc(F)c21. The van der Waals surface area contributed by atoms with Crippen molar-refractivity contribution in [3.05, 3.63) is 34.9 Å². The Morgan fingerprint density at radius 2 is 1.71 bits per heavy atom. The first-order valence-corrected chi connectivity index (χ1v) is 4.84. The van der Waals surface area contributed by atoms with E-state index in [4.69, 9.17) is 5.73 Å². The van der Waals surface area contributed by atoms with Gasteiger partial charge in [0, 0.05) is 11.6 Å². The Kier molecular flexibility index (Phi) is 2.27. The minimum absolute atomic E-state index is 0.0699. The van der Waals surface area contributed by atoms with E-state index in [2.05, 4.69) is 0 Å². The van der Waals surface area contributed by atoms with Crippen molar-refractivity contribution in [3.63, 3.8) is 0 Å². The van der Waals surface area contributed by atoms with Crippen molar-refractivity contribution in [3.8, 4) is 0 Å². The minimum Gasteiger partial charge on any atom is -0.324 e. The van der Waals surface area contributed by atoms with Gasteiger partial charge in [-0.2, -0.15) is 0 Å². The number of rotatable bonds is 0. The zero-order valence-corrected chi connectivity index (χ0v) is 8.06. The lowest BCUT2D eigenvalue weighted by Gasteiger charge is -2.27. The van der Waals surface area contributed by atoms with Crippen LogP contribution in [0.1, 0.15) is 42.9 Å². The van der Waals surface area contributed by atoms with Crippen molar-refractivity contribution in [2.24, 2.45) is 5.73 Å². The van der Waals surface area contributed by atoms with E-state index in [0.717, 1.165) is 18.9 Å². The van der Waals surface area contributed by atoms with Crippen molar-refractivity contribution >= 4 is 0 Å². The average molecular weight is 197 g/mol. The first-order chi connectivity index (χ1) is 6.61. The molecule has 0 heterocycles. The van der Waals surface area contributed by atoms with Crippen molar-refractivity contribution in [2.75, 3.05) is 0 Å². The van der Waals surface area contributed by atoms with Gasteiger partial charge in [0.2, 0.25) is 0 Å². The summed E-state index contributed by atoms with van der Waals surface area (Å²) >= 11 is 0. The van der Waals surface area contributed by atoms with E-state index in [-0.39, 0.29) is 23.6 Å². The van der Waals surface area contributed by atoms with Gasteiger partial charge in [-0.3, -0.25) is 0 Å². The summed E-state index contributed by atoms with van der Waals surface area (Å²) in [5.74, 6) is -0.634. The Hall–Kier alpha value is -0.960. The molecular weight excluding hydrogens is 184 g/mol. The molecule has 0 fully saturated rings. The smallest absolute Gasteiger partial charge is 0.128 e. The molecule has 0 aliphatic heterocycles. The van der Waals surface area contributed by atoms with E-state index in [9.17, 15) is 8.78 Å². The van der Waals surface area contributed by atoms with E-state index >= 15 is 0 Å². The van der Waals surface area contributed by atoms with Gasteiger partial charge in [-0.05, 0) is 36.5 Å². The fraction of sp³-hybridized carbons (Fsp3) is 0.455. The number of hydrogen-bond acceptors (Lipinski definition) is 1. The van der Waals surface area contributed by atoms with Crippen LogP contribution in [0.5, 0.6) is 0 Å². The Balaban J connectivity index is 2.65. The highest BCUT2D eigenvalue weighted by atomic mass is 19.1. The van der Waals surface area contributed by atoms with Crippen LogP contribution >= 0.6 is 0 Å². The summed E-state index contributed by atoms with van der Waals surface area (Å²) < 4.78 is 26.9. The second-order valence-corrected chi connectivity index (χ2v) is 3.94. The molecule has 1 aromatic carbocycles. The third kappa shape index (κ3) is 1.32. The minimum atomic E-state index is -0.375. The Labute approximate surface area is 81.9 Å². The van der Waals surface area contributed by atoms with Gasteiger partial charge in [-0.25, -0.2) is 8.78 Å². The van der Waals surface area contributed by atoms with Crippen LogP contribution < -0.4 is 5.73 Å². The molecule has 76 valence electrons. The van der Waals surface area contributed by atoms with Crippen LogP contribution in [-0.4, -0.2) is 0 Å². The third-order valence-electron chi connectivity index (χ3n) is 2.96. The van der Waals surface area contributed by atoms with Crippen molar-refractivity contribution in [1.29, 1.82) is 0 Å². The number of nitrogens with two attached hydrogens (primary N) is 1. The van der Waals surface area contributed by atoms with Crippen LogP contribution in [0.25, 0.3) is 0 Å². The highest BCUT2D eigenvalue weighted by Gasteiger charge is 2.27. The molecule has 14 heavy (non-hydrogen) atoms. The normalized spacial score (nSPS) is 26.0. The van der Waals surface area contributed by atoms with E-state index in [1.807, 2.05) is 6.92 Å². The van der Waals surface area contributed by atoms with Gasteiger partial charge in [0.25, 0.3) is 0 Å². The van der Waals surface area contributed by atoms with Gasteiger partial charge in [-0.1, -0.05) is 6.92 Å². The second-order valence-electron chi connectivity index (χ2n) is 3.94. The molecule has 3 heteroatoms. The summed E-state index contributed by atoms with van der Waals surface area (Å²) in [6.45, 7) is 1.91. The van der Waals surface area contributed by atoms with Crippen LogP contribution in [-0.2, 0) is 0 Å². The standard InChI is InChI=1S/C11H13F2N/c1-6-2-5-9(14)11-8(13)4-3-7(12)10(6)11/h3-4,6,9H,2,5,14H2,1H3. The molecule has 0 bridgehead atoms. The molecule has 2 atom stereocenters. The Morgan fingerprint density at radius 1 is 1.14 bits per heavy atom. The molecule has 1 nitrogen and oxygen atoms in total. The van der Waals surface area contributed by atoms with Crippen molar-refractivity contribution in [1.82, 2.24) is 0 Å². The molecular formula is C11H13F2N. The van der Waals surface area contributed by atoms with E-state index in [1.54, 1.807) is 0 Å². The van der Waals surface area contributed by atoms with Crippen LogP contribution in [0.3, 0.4) is 0 Å². The first kappa shape index (κ1) is 9.59. The average Bonchev–Trinajstić information content (AvgIpc) is 2.16. The molecule has 1 aliphatic carbocycles. The quantitative estimate of drug-likeness (QED) is 0.680. The maximum Gasteiger partial charge on any atom is 0.128 e. The first-order valence-electron chi connectivity index (χ1n) is 4.84. The van der Waals surface area contributed by atoms with Gasteiger partial charge >= 0.3 is 0 Å². The number of hydrogen-bond donors (Lipinski definition) is 1. The van der Waals surface area contributed by atoms with Gasteiger partial charge in [0.15, 0.2) is 0 Å². The van der Waals surface area contributed by atoms with Gasteiger partial charge in [-0.15, -0.1) is 0 Å². The summed E-state index contributed by atoms with van der Waals surface area (Å²) in [5.41, 5.74) is 6.63. The lowest BCUT2D eigenvalue weighted by molar-refractivity contribution is 0.456. The molecule has 0 saturated heterocycles. The monoisotopic (exact) mass is 197 g/mol. The predicted molar refractivity (Wildman–Crippen MR) is 50.9 cm³/mol. The van der Waals surface area contributed by atoms with Gasteiger partial charge in [0.1, 0.15) is 11.6 Å². The third-order valence-corrected chi connectivity index (χ3v) is 2.96. The zero-order chi connectivity index (χ0) is 10.3. The van der Waals surface area contributed by atoms with E-state index in [0.29, 0.717) is 11.1 Å².